The van der Waals surface area contributed by atoms with Gasteiger partial charge in [-0.2, -0.15) is 0 Å². The molecule has 1 aromatic carbocycles. The molecule has 1 amide bonds. The van der Waals surface area contributed by atoms with Crippen molar-refractivity contribution in [2.24, 2.45) is 10.8 Å². The van der Waals surface area contributed by atoms with Crippen molar-refractivity contribution in [2.75, 3.05) is 25.5 Å². The van der Waals surface area contributed by atoms with Crippen LogP contribution in [0.4, 0.5) is 5.69 Å². The second-order valence-corrected chi connectivity index (χ2v) is 10.6. The third-order valence-corrected chi connectivity index (χ3v) is 6.78. The highest BCUT2D eigenvalue weighted by Crippen LogP contribution is 2.52. The van der Waals surface area contributed by atoms with Crippen LogP contribution >= 0.6 is 15.9 Å². The Bertz CT molecular complexity index is 983. The van der Waals surface area contributed by atoms with Gasteiger partial charge in [-0.3, -0.25) is 9.69 Å². The summed E-state index contributed by atoms with van der Waals surface area (Å²) in [6.45, 7) is 8.27. The van der Waals surface area contributed by atoms with Crippen molar-refractivity contribution >= 4 is 44.4 Å². The number of aromatic amines is 1. The summed E-state index contributed by atoms with van der Waals surface area (Å²) in [5.41, 5.74) is 2.10. The predicted molar refractivity (Wildman–Crippen MR) is 117 cm³/mol. The molecule has 0 spiro atoms. The van der Waals surface area contributed by atoms with E-state index >= 15 is 0 Å². The van der Waals surface area contributed by atoms with Crippen molar-refractivity contribution in [1.29, 1.82) is 0 Å². The molecule has 2 fully saturated rings. The van der Waals surface area contributed by atoms with Crippen LogP contribution in [0.2, 0.25) is 0 Å². The van der Waals surface area contributed by atoms with Gasteiger partial charge in [-0.15, -0.1) is 0 Å². The summed E-state index contributed by atoms with van der Waals surface area (Å²) in [7, 11) is 1.34. The molecule has 0 unspecified atom stereocenters. The number of H-pyrrole nitrogens is 1. The van der Waals surface area contributed by atoms with Gasteiger partial charge >= 0.3 is 5.97 Å². The van der Waals surface area contributed by atoms with Crippen LogP contribution in [0.5, 0.6) is 0 Å². The Hall–Kier alpha value is -1.86. The number of ether oxygens (including phenoxy) is 1. The third-order valence-electron chi connectivity index (χ3n) is 6.28. The molecular formula is C22H28BrN3O3. The van der Waals surface area contributed by atoms with Gasteiger partial charge in [0.2, 0.25) is 5.91 Å². The van der Waals surface area contributed by atoms with E-state index in [0.717, 1.165) is 34.8 Å². The average molecular weight is 462 g/mol. The van der Waals surface area contributed by atoms with Crippen molar-refractivity contribution in [1.82, 2.24) is 9.88 Å². The lowest BCUT2D eigenvalue weighted by molar-refractivity contribution is -0.117. The quantitative estimate of drug-likeness (QED) is 0.654. The molecule has 2 heterocycles. The van der Waals surface area contributed by atoms with E-state index in [9.17, 15) is 9.59 Å². The largest absolute Gasteiger partial charge is 0.464 e. The Balaban J connectivity index is 1.57. The van der Waals surface area contributed by atoms with E-state index < -0.39 is 5.97 Å². The topological polar surface area (TPSA) is 74.4 Å². The maximum Gasteiger partial charge on any atom is 0.356 e. The van der Waals surface area contributed by atoms with Crippen molar-refractivity contribution in [3.8, 4) is 0 Å². The number of methoxy groups -OCH3 is 1. The van der Waals surface area contributed by atoms with Gasteiger partial charge in [0.25, 0.3) is 0 Å². The second kappa shape index (κ2) is 7.13. The summed E-state index contributed by atoms with van der Waals surface area (Å²) < 4.78 is 5.78. The second-order valence-electron chi connectivity index (χ2n) is 9.72. The number of halogens is 1. The van der Waals surface area contributed by atoms with Gasteiger partial charge in [0, 0.05) is 28.0 Å². The molecule has 2 aromatic rings. The number of fused-ring (bicyclic) bond motifs is 3. The van der Waals surface area contributed by atoms with Crippen LogP contribution in [0.15, 0.2) is 22.7 Å². The summed E-state index contributed by atoms with van der Waals surface area (Å²) in [5.74, 6) is -0.608. The molecule has 4 rings (SSSR count). The zero-order valence-electron chi connectivity index (χ0n) is 17.4. The molecule has 7 heteroatoms. The van der Waals surface area contributed by atoms with Crippen LogP contribution in [0.1, 0.15) is 50.5 Å². The number of nitrogens with one attached hydrogen (secondary N) is 2. The molecule has 1 saturated heterocycles. The lowest BCUT2D eigenvalue weighted by atomic mass is 9.65. The normalized spacial score (nSPS) is 25.9. The van der Waals surface area contributed by atoms with E-state index in [4.69, 9.17) is 4.74 Å². The van der Waals surface area contributed by atoms with Gasteiger partial charge in [-0.05, 0) is 48.3 Å². The highest BCUT2D eigenvalue weighted by Gasteiger charge is 2.49. The average Bonchev–Trinajstić information content (AvgIpc) is 3.07. The Kier molecular flexibility index (Phi) is 5.02. The molecule has 29 heavy (non-hydrogen) atoms. The Morgan fingerprint density at radius 1 is 1.31 bits per heavy atom. The van der Waals surface area contributed by atoms with Gasteiger partial charge in [0.1, 0.15) is 5.69 Å². The molecule has 0 radical (unpaired) electrons. The predicted octanol–water partition coefficient (Wildman–Crippen LogP) is 4.56. The maximum absolute atomic E-state index is 13.0. The summed E-state index contributed by atoms with van der Waals surface area (Å²) in [4.78, 5) is 30.6. The first-order valence-electron chi connectivity index (χ1n) is 10.0. The van der Waals surface area contributed by atoms with Gasteiger partial charge in [-0.1, -0.05) is 36.7 Å². The minimum Gasteiger partial charge on any atom is -0.464 e. The molecule has 156 valence electrons. The monoisotopic (exact) mass is 461 g/mol. The van der Waals surface area contributed by atoms with Gasteiger partial charge in [0.05, 0.1) is 19.3 Å². The number of hydrogen-bond acceptors (Lipinski definition) is 4. The molecule has 1 aliphatic carbocycles. The van der Waals surface area contributed by atoms with Gasteiger partial charge in [0.15, 0.2) is 0 Å². The SMILES string of the molecule is COC(=O)c1[nH]c2ccc(Br)cc2c1NC(=O)CN1C[C@]2(C)C[C@@H]1CC(C)(C)C2. The fraction of sp³-hybridized carbons (Fsp3) is 0.545. The first-order chi connectivity index (χ1) is 13.6. The summed E-state index contributed by atoms with van der Waals surface area (Å²) in [6.07, 6.45) is 3.46. The minimum absolute atomic E-state index is 0.106. The van der Waals surface area contributed by atoms with Gasteiger partial charge in [-0.25, -0.2) is 4.79 Å². The zero-order chi connectivity index (χ0) is 21.0. The standard InChI is InChI=1S/C22H28BrN3O3/c1-21(2)8-14-9-22(3,11-21)12-26(14)10-17(27)25-18-15-7-13(23)5-6-16(15)24-19(18)20(28)29-4/h5-7,14,24H,8-12H2,1-4H3,(H,25,27)/t14-,22+/m0/s1. The van der Waals surface area contributed by atoms with E-state index in [1.54, 1.807) is 0 Å². The number of esters is 1. The number of benzene rings is 1. The molecule has 2 N–H and O–H groups in total. The molecule has 2 bridgehead atoms. The summed E-state index contributed by atoms with van der Waals surface area (Å²) in [6, 6.07) is 6.08. The van der Waals surface area contributed by atoms with E-state index in [1.807, 2.05) is 18.2 Å². The molecule has 1 saturated carbocycles. The fourth-order valence-corrected chi connectivity index (χ4v) is 6.04. The summed E-state index contributed by atoms with van der Waals surface area (Å²) >= 11 is 3.46. The minimum atomic E-state index is -0.501. The fourth-order valence-electron chi connectivity index (χ4n) is 5.67. The van der Waals surface area contributed by atoms with Crippen LogP contribution in [0.3, 0.4) is 0 Å². The Labute approximate surface area is 179 Å². The highest BCUT2D eigenvalue weighted by molar-refractivity contribution is 9.10. The number of aromatic nitrogens is 1. The first kappa shape index (κ1) is 20.4. The van der Waals surface area contributed by atoms with Crippen molar-refractivity contribution in [2.45, 2.75) is 46.1 Å². The molecule has 6 nitrogen and oxygen atoms in total. The number of amides is 1. The maximum atomic E-state index is 13.0. The highest BCUT2D eigenvalue weighted by atomic mass is 79.9. The van der Waals surface area contributed by atoms with E-state index in [-0.39, 0.29) is 17.0 Å². The number of anilines is 1. The molecule has 1 aliphatic heterocycles. The molecule has 2 atom stereocenters. The number of hydrogen-bond donors (Lipinski definition) is 2. The van der Waals surface area contributed by atoms with E-state index in [0.29, 0.717) is 23.7 Å². The third kappa shape index (κ3) is 3.94. The van der Waals surface area contributed by atoms with Crippen molar-refractivity contribution < 1.29 is 14.3 Å². The van der Waals surface area contributed by atoms with Crippen LogP contribution < -0.4 is 5.32 Å². The number of likely N-dealkylation sites (tertiary alicyclic amines) is 1. The van der Waals surface area contributed by atoms with Crippen LogP contribution in [-0.4, -0.2) is 48.0 Å². The Morgan fingerprint density at radius 2 is 2.07 bits per heavy atom. The van der Waals surface area contributed by atoms with E-state index in [2.05, 4.69) is 51.9 Å². The number of nitrogens with zero attached hydrogens (tertiary/aromatic N) is 1. The van der Waals surface area contributed by atoms with Crippen LogP contribution in [0.25, 0.3) is 10.9 Å². The van der Waals surface area contributed by atoms with Crippen LogP contribution in [-0.2, 0) is 9.53 Å². The number of carbonyl (C=O) groups excluding carboxylic acids is 2. The molecule has 1 aromatic heterocycles. The number of rotatable bonds is 4. The van der Waals surface area contributed by atoms with Crippen molar-refractivity contribution in [3.63, 3.8) is 0 Å². The smallest absolute Gasteiger partial charge is 0.356 e. The Morgan fingerprint density at radius 3 is 2.79 bits per heavy atom. The van der Waals surface area contributed by atoms with Gasteiger partial charge < -0.3 is 15.0 Å². The number of carbonyl (C=O) groups is 2. The zero-order valence-corrected chi connectivity index (χ0v) is 19.0. The summed E-state index contributed by atoms with van der Waals surface area (Å²) in [5, 5.41) is 3.76. The first-order valence-corrected chi connectivity index (χ1v) is 10.8. The van der Waals surface area contributed by atoms with E-state index in [1.165, 1.54) is 13.5 Å². The van der Waals surface area contributed by atoms with Crippen molar-refractivity contribution in [3.05, 3.63) is 28.4 Å². The lowest BCUT2D eigenvalue weighted by Gasteiger charge is -2.39. The molecular weight excluding hydrogens is 434 g/mol. The van der Waals surface area contributed by atoms with Crippen LogP contribution in [0, 0.1) is 10.8 Å². The molecule has 2 aliphatic rings. The lowest BCUT2D eigenvalue weighted by Crippen LogP contribution is -2.38.